The average molecular weight is 283 g/mol. The number of ether oxygens (including phenoxy) is 1. The van der Waals surface area contributed by atoms with Crippen LogP contribution in [0.4, 0.5) is 0 Å². The molecule has 1 nitrogen and oxygen atoms in total. The average Bonchev–Trinajstić information content (AvgIpc) is 2.60. The zero-order valence-corrected chi connectivity index (χ0v) is 11.8. The van der Waals surface area contributed by atoms with Crippen molar-refractivity contribution in [3.8, 4) is 5.75 Å². The summed E-state index contributed by atoms with van der Waals surface area (Å²) in [5.41, 5.74) is 2.71. The highest BCUT2D eigenvalue weighted by molar-refractivity contribution is 9.09. The standard InChI is InChI=1S/C14H19BrO/c1-9-4-7-14(16-3)12(8-9)11-5-6-13(15)10(11)2/h4,7-8,10-11,13H,5-6H2,1-3H3. The summed E-state index contributed by atoms with van der Waals surface area (Å²) in [4.78, 5) is 0.655. The molecule has 0 radical (unpaired) electrons. The summed E-state index contributed by atoms with van der Waals surface area (Å²) in [5.74, 6) is 2.37. The van der Waals surface area contributed by atoms with Gasteiger partial charge in [-0.3, -0.25) is 0 Å². The predicted octanol–water partition coefficient (Wildman–Crippen LogP) is 4.28. The molecule has 0 N–H and O–H groups in total. The molecule has 88 valence electrons. The molecule has 0 bridgehead atoms. The molecule has 0 heterocycles. The van der Waals surface area contributed by atoms with Crippen molar-refractivity contribution in [2.45, 2.75) is 37.4 Å². The predicted molar refractivity (Wildman–Crippen MR) is 71.6 cm³/mol. The van der Waals surface area contributed by atoms with Crippen LogP contribution in [0.1, 0.15) is 36.8 Å². The van der Waals surface area contributed by atoms with Gasteiger partial charge in [0.1, 0.15) is 5.75 Å². The maximum Gasteiger partial charge on any atom is 0.122 e. The largest absolute Gasteiger partial charge is 0.496 e. The van der Waals surface area contributed by atoms with Crippen molar-refractivity contribution in [1.82, 2.24) is 0 Å². The summed E-state index contributed by atoms with van der Waals surface area (Å²) in [6.07, 6.45) is 2.53. The van der Waals surface area contributed by atoms with E-state index in [2.05, 4.69) is 48.0 Å². The lowest BCUT2D eigenvalue weighted by molar-refractivity contribution is 0.399. The molecule has 1 fully saturated rings. The van der Waals surface area contributed by atoms with E-state index >= 15 is 0 Å². The van der Waals surface area contributed by atoms with E-state index < -0.39 is 0 Å². The normalized spacial score (nSPS) is 29.4. The summed E-state index contributed by atoms with van der Waals surface area (Å²) in [5, 5.41) is 0. The van der Waals surface area contributed by atoms with Crippen LogP contribution in [0.2, 0.25) is 0 Å². The van der Waals surface area contributed by atoms with Gasteiger partial charge in [-0.2, -0.15) is 0 Å². The first-order chi connectivity index (χ1) is 7.63. The van der Waals surface area contributed by atoms with Crippen molar-refractivity contribution in [2.75, 3.05) is 7.11 Å². The second-order valence-electron chi connectivity index (χ2n) is 4.80. The zero-order chi connectivity index (χ0) is 11.7. The molecule has 1 aliphatic rings. The van der Waals surface area contributed by atoms with Crippen molar-refractivity contribution in [1.29, 1.82) is 0 Å². The van der Waals surface area contributed by atoms with Gasteiger partial charge in [0, 0.05) is 4.83 Å². The van der Waals surface area contributed by atoms with Crippen LogP contribution in [0.15, 0.2) is 18.2 Å². The van der Waals surface area contributed by atoms with E-state index in [1.54, 1.807) is 7.11 Å². The number of rotatable bonds is 2. The van der Waals surface area contributed by atoms with E-state index in [-0.39, 0.29) is 0 Å². The second-order valence-corrected chi connectivity index (χ2v) is 5.98. The number of alkyl halides is 1. The summed E-state index contributed by atoms with van der Waals surface area (Å²) >= 11 is 3.77. The van der Waals surface area contributed by atoms with Crippen LogP contribution in [-0.2, 0) is 0 Å². The van der Waals surface area contributed by atoms with Crippen molar-refractivity contribution in [3.63, 3.8) is 0 Å². The van der Waals surface area contributed by atoms with Gasteiger partial charge in [0.25, 0.3) is 0 Å². The number of hydrogen-bond donors (Lipinski definition) is 0. The molecule has 1 aromatic rings. The van der Waals surface area contributed by atoms with Crippen molar-refractivity contribution < 1.29 is 4.74 Å². The molecule has 0 aliphatic heterocycles. The molecule has 0 aromatic heterocycles. The van der Waals surface area contributed by atoms with Crippen LogP contribution < -0.4 is 4.74 Å². The molecular weight excluding hydrogens is 264 g/mol. The second kappa shape index (κ2) is 4.79. The minimum absolute atomic E-state index is 0.638. The number of aryl methyl sites for hydroxylation is 1. The quantitative estimate of drug-likeness (QED) is 0.736. The number of benzene rings is 1. The van der Waals surface area contributed by atoms with Crippen LogP contribution in [0.25, 0.3) is 0 Å². The highest BCUT2D eigenvalue weighted by Crippen LogP contribution is 2.45. The van der Waals surface area contributed by atoms with Crippen LogP contribution in [-0.4, -0.2) is 11.9 Å². The Kier molecular flexibility index (Phi) is 3.58. The van der Waals surface area contributed by atoms with Gasteiger partial charge in [-0.05, 0) is 43.2 Å². The van der Waals surface area contributed by atoms with Crippen LogP contribution >= 0.6 is 15.9 Å². The molecular formula is C14H19BrO. The third-order valence-corrected chi connectivity index (χ3v) is 5.04. The Morgan fingerprint density at radius 2 is 2.06 bits per heavy atom. The Morgan fingerprint density at radius 1 is 1.31 bits per heavy atom. The van der Waals surface area contributed by atoms with Crippen molar-refractivity contribution in [2.24, 2.45) is 5.92 Å². The SMILES string of the molecule is COc1ccc(C)cc1C1CCC(Br)C1C. The van der Waals surface area contributed by atoms with Crippen LogP contribution in [0.3, 0.4) is 0 Å². The molecule has 2 heteroatoms. The first-order valence-electron chi connectivity index (χ1n) is 5.92. The van der Waals surface area contributed by atoms with E-state index in [9.17, 15) is 0 Å². The van der Waals surface area contributed by atoms with Crippen LogP contribution in [0, 0.1) is 12.8 Å². The van der Waals surface area contributed by atoms with Crippen molar-refractivity contribution in [3.05, 3.63) is 29.3 Å². The minimum atomic E-state index is 0.638. The molecule has 0 spiro atoms. The lowest BCUT2D eigenvalue weighted by Crippen LogP contribution is -2.10. The highest BCUT2D eigenvalue weighted by Gasteiger charge is 2.33. The maximum atomic E-state index is 5.48. The fraction of sp³-hybridized carbons (Fsp3) is 0.571. The third kappa shape index (κ3) is 2.13. The number of methoxy groups -OCH3 is 1. The van der Waals surface area contributed by atoms with E-state index in [0.717, 1.165) is 5.75 Å². The molecule has 0 amide bonds. The Hall–Kier alpha value is -0.500. The lowest BCUT2D eigenvalue weighted by atomic mass is 9.88. The molecule has 1 saturated carbocycles. The topological polar surface area (TPSA) is 9.23 Å². The van der Waals surface area contributed by atoms with Crippen LogP contribution in [0.5, 0.6) is 5.75 Å². The summed E-state index contributed by atoms with van der Waals surface area (Å²) in [6, 6.07) is 6.50. The van der Waals surface area contributed by atoms with Gasteiger partial charge in [-0.25, -0.2) is 0 Å². The monoisotopic (exact) mass is 282 g/mol. The summed E-state index contributed by atoms with van der Waals surface area (Å²) < 4.78 is 5.48. The number of hydrogen-bond acceptors (Lipinski definition) is 1. The Labute approximate surface area is 106 Å². The first kappa shape index (κ1) is 12.0. The molecule has 16 heavy (non-hydrogen) atoms. The van der Waals surface area contributed by atoms with Gasteiger partial charge >= 0.3 is 0 Å². The van der Waals surface area contributed by atoms with Gasteiger partial charge in [-0.15, -0.1) is 0 Å². The van der Waals surface area contributed by atoms with Gasteiger partial charge < -0.3 is 4.74 Å². The van der Waals surface area contributed by atoms with E-state index in [0.29, 0.717) is 16.7 Å². The lowest BCUT2D eigenvalue weighted by Gasteiger charge is -2.20. The smallest absolute Gasteiger partial charge is 0.122 e. The third-order valence-electron chi connectivity index (χ3n) is 3.74. The Balaban J connectivity index is 2.35. The molecule has 3 unspecified atom stereocenters. The Morgan fingerprint density at radius 3 is 2.62 bits per heavy atom. The molecule has 1 aromatic carbocycles. The highest BCUT2D eigenvalue weighted by atomic mass is 79.9. The van der Waals surface area contributed by atoms with E-state index in [1.807, 2.05) is 0 Å². The van der Waals surface area contributed by atoms with Gasteiger partial charge in [0.05, 0.1) is 7.11 Å². The van der Waals surface area contributed by atoms with Gasteiger partial charge in [0.2, 0.25) is 0 Å². The fourth-order valence-corrected chi connectivity index (χ4v) is 3.33. The summed E-state index contributed by atoms with van der Waals surface area (Å²) in [6.45, 7) is 4.48. The fourth-order valence-electron chi connectivity index (χ4n) is 2.70. The first-order valence-corrected chi connectivity index (χ1v) is 6.83. The Bertz CT molecular complexity index is 375. The molecule has 1 aliphatic carbocycles. The summed E-state index contributed by atoms with van der Waals surface area (Å²) in [7, 11) is 1.76. The molecule has 0 saturated heterocycles. The van der Waals surface area contributed by atoms with Crippen molar-refractivity contribution >= 4 is 15.9 Å². The number of halogens is 1. The van der Waals surface area contributed by atoms with Gasteiger partial charge in [0.15, 0.2) is 0 Å². The molecule has 2 rings (SSSR count). The molecule has 3 atom stereocenters. The van der Waals surface area contributed by atoms with E-state index in [1.165, 1.54) is 24.0 Å². The van der Waals surface area contributed by atoms with E-state index in [4.69, 9.17) is 4.74 Å². The minimum Gasteiger partial charge on any atom is -0.496 e. The zero-order valence-electron chi connectivity index (χ0n) is 10.2. The maximum absolute atomic E-state index is 5.48. The van der Waals surface area contributed by atoms with Gasteiger partial charge in [-0.1, -0.05) is 40.5 Å².